The summed E-state index contributed by atoms with van der Waals surface area (Å²) in [5.41, 5.74) is 5.10. The fourth-order valence-electron chi connectivity index (χ4n) is 0.366. The summed E-state index contributed by atoms with van der Waals surface area (Å²) >= 11 is 0. The number of hydrogen-bond donors (Lipinski definition) is 1. The van der Waals surface area contributed by atoms with E-state index in [0.29, 0.717) is 5.88 Å². The quantitative estimate of drug-likeness (QED) is 0.569. The first-order valence-corrected chi connectivity index (χ1v) is 2.08. The summed E-state index contributed by atoms with van der Waals surface area (Å²) in [6, 6.07) is 0.127. The minimum atomic E-state index is 0.127. The highest BCUT2D eigenvalue weighted by Gasteiger charge is 1.95. The minimum absolute atomic E-state index is 0.127. The maximum atomic E-state index is 5.10. The van der Waals surface area contributed by atoms with Crippen LogP contribution in [0.25, 0.3) is 0 Å². The van der Waals surface area contributed by atoms with Crippen LogP contribution in [-0.2, 0) is 0 Å². The number of ether oxygens (including phenoxy) is 1. The average molecular weight is 114 g/mol. The lowest BCUT2D eigenvalue weighted by atomic mass is 10.9. The molecule has 0 unspecified atom stereocenters. The van der Waals surface area contributed by atoms with E-state index in [0.717, 1.165) is 0 Å². The largest absolute Gasteiger partial charge is 0.479 e. The summed E-state index contributed by atoms with van der Waals surface area (Å²) in [7, 11) is 1.50. The van der Waals surface area contributed by atoms with Gasteiger partial charge < -0.3 is 14.9 Å². The number of methoxy groups -OCH3 is 1. The van der Waals surface area contributed by atoms with Gasteiger partial charge in [-0.25, -0.2) is 0 Å². The molecule has 2 N–H and O–H groups in total. The maximum absolute atomic E-state index is 5.10. The first kappa shape index (κ1) is 4.96. The number of nitrogens with zero attached hydrogens (tertiary/aromatic N) is 1. The van der Waals surface area contributed by atoms with E-state index in [1.807, 2.05) is 0 Å². The van der Waals surface area contributed by atoms with E-state index in [4.69, 9.17) is 5.73 Å². The van der Waals surface area contributed by atoms with E-state index in [-0.39, 0.29) is 6.01 Å². The molecule has 0 spiro atoms. The summed E-state index contributed by atoms with van der Waals surface area (Å²) in [4.78, 5) is 3.62. The topological polar surface area (TPSA) is 61.3 Å². The molecule has 1 heterocycles. The van der Waals surface area contributed by atoms with Crippen LogP contribution in [-0.4, -0.2) is 12.1 Å². The molecule has 8 heavy (non-hydrogen) atoms. The van der Waals surface area contributed by atoms with Crippen molar-refractivity contribution in [1.29, 1.82) is 0 Å². The number of oxazole rings is 1. The van der Waals surface area contributed by atoms with Crippen LogP contribution < -0.4 is 10.5 Å². The van der Waals surface area contributed by atoms with Gasteiger partial charge in [0.2, 0.25) is 0 Å². The summed E-state index contributed by atoms with van der Waals surface area (Å²) in [6.07, 6.45) is 1.34. The summed E-state index contributed by atoms with van der Waals surface area (Å²) in [6.45, 7) is 0. The van der Waals surface area contributed by atoms with Gasteiger partial charge in [0.15, 0.2) is 6.26 Å². The van der Waals surface area contributed by atoms with Crippen LogP contribution in [0.15, 0.2) is 10.7 Å². The highest BCUT2D eigenvalue weighted by molar-refractivity contribution is 5.15. The monoisotopic (exact) mass is 114 g/mol. The van der Waals surface area contributed by atoms with Gasteiger partial charge in [-0.15, -0.1) is 0 Å². The van der Waals surface area contributed by atoms with Gasteiger partial charge >= 0.3 is 0 Å². The van der Waals surface area contributed by atoms with Crippen molar-refractivity contribution in [3.05, 3.63) is 6.26 Å². The number of anilines is 1. The average Bonchev–Trinajstić information content (AvgIpc) is 2.14. The fourth-order valence-corrected chi connectivity index (χ4v) is 0.366. The SMILES string of the molecule is COc1coc(N)n1. The summed E-state index contributed by atoms with van der Waals surface area (Å²) < 4.78 is 9.25. The van der Waals surface area contributed by atoms with Gasteiger partial charge in [-0.3, -0.25) is 0 Å². The zero-order chi connectivity index (χ0) is 5.98. The Balaban J connectivity index is 2.84. The van der Waals surface area contributed by atoms with E-state index in [1.165, 1.54) is 13.4 Å². The molecule has 1 aromatic rings. The lowest BCUT2D eigenvalue weighted by Crippen LogP contribution is -1.84. The first-order valence-electron chi connectivity index (χ1n) is 2.08. The van der Waals surface area contributed by atoms with Gasteiger partial charge in [-0.05, 0) is 0 Å². The molecule has 44 valence electrons. The molecule has 0 fully saturated rings. The van der Waals surface area contributed by atoms with E-state index in [2.05, 4.69) is 14.1 Å². The van der Waals surface area contributed by atoms with Crippen molar-refractivity contribution in [1.82, 2.24) is 4.98 Å². The van der Waals surface area contributed by atoms with Crippen molar-refractivity contribution in [2.24, 2.45) is 0 Å². The molecular formula is C4H6N2O2. The normalized spacial score (nSPS) is 9.12. The van der Waals surface area contributed by atoms with Crippen molar-refractivity contribution < 1.29 is 9.15 Å². The van der Waals surface area contributed by atoms with Gasteiger partial charge in [-0.2, -0.15) is 4.98 Å². The molecule has 0 aromatic carbocycles. The van der Waals surface area contributed by atoms with Gasteiger partial charge in [0.1, 0.15) is 0 Å². The fraction of sp³-hybridized carbons (Fsp3) is 0.250. The van der Waals surface area contributed by atoms with E-state index < -0.39 is 0 Å². The van der Waals surface area contributed by atoms with Crippen molar-refractivity contribution in [3.63, 3.8) is 0 Å². The van der Waals surface area contributed by atoms with Crippen LogP contribution in [0.4, 0.5) is 6.01 Å². The second kappa shape index (κ2) is 1.73. The first-order chi connectivity index (χ1) is 3.83. The molecule has 0 aliphatic rings. The van der Waals surface area contributed by atoms with Crippen molar-refractivity contribution in [2.45, 2.75) is 0 Å². The molecule has 0 atom stereocenters. The molecule has 4 heteroatoms. The van der Waals surface area contributed by atoms with E-state index >= 15 is 0 Å². The predicted molar refractivity (Wildman–Crippen MR) is 27.5 cm³/mol. The smallest absolute Gasteiger partial charge is 0.295 e. The number of nitrogens with two attached hydrogens (primary N) is 1. The number of rotatable bonds is 1. The lowest BCUT2D eigenvalue weighted by Gasteiger charge is -1.83. The molecule has 0 aliphatic heterocycles. The molecule has 0 saturated heterocycles. The van der Waals surface area contributed by atoms with Crippen molar-refractivity contribution in [2.75, 3.05) is 12.8 Å². The molecular weight excluding hydrogens is 108 g/mol. The maximum Gasteiger partial charge on any atom is 0.295 e. The van der Waals surface area contributed by atoms with E-state index in [9.17, 15) is 0 Å². The molecule has 0 amide bonds. The molecule has 4 nitrogen and oxygen atoms in total. The molecule has 0 saturated carbocycles. The Bertz CT molecular complexity index is 172. The minimum Gasteiger partial charge on any atom is -0.479 e. The van der Waals surface area contributed by atoms with Crippen LogP contribution in [0.3, 0.4) is 0 Å². The van der Waals surface area contributed by atoms with Crippen molar-refractivity contribution in [3.8, 4) is 5.88 Å². The highest BCUT2D eigenvalue weighted by atomic mass is 16.5. The highest BCUT2D eigenvalue weighted by Crippen LogP contribution is 2.08. The number of nitrogen functional groups attached to an aromatic ring is 1. The van der Waals surface area contributed by atoms with Crippen LogP contribution in [0.1, 0.15) is 0 Å². The zero-order valence-corrected chi connectivity index (χ0v) is 4.42. The van der Waals surface area contributed by atoms with Gasteiger partial charge in [-0.1, -0.05) is 0 Å². The Morgan fingerprint density at radius 2 is 2.62 bits per heavy atom. The molecule has 0 bridgehead atoms. The van der Waals surface area contributed by atoms with Gasteiger partial charge in [0.25, 0.3) is 11.9 Å². The Kier molecular flexibility index (Phi) is 1.07. The number of aromatic nitrogens is 1. The summed E-state index contributed by atoms with van der Waals surface area (Å²) in [5.74, 6) is 0.405. The lowest BCUT2D eigenvalue weighted by molar-refractivity contribution is 0.395. The Hall–Kier alpha value is -1.19. The van der Waals surface area contributed by atoms with E-state index in [1.54, 1.807) is 0 Å². The molecule has 1 aromatic heterocycles. The third-order valence-electron chi connectivity index (χ3n) is 0.710. The predicted octanol–water partition coefficient (Wildman–Crippen LogP) is 0.265. The van der Waals surface area contributed by atoms with Crippen LogP contribution in [0, 0.1) is 0 Å². The molecule has 1 rings (SSSR count). The van der Waals surface area contributed by atoms with Crippen LogP contribution >= 0.6 is 0 Å². The molecule has 0 aliphatic carbocycles. The van der Waals surface area contributed by atoms with Gasteiger partial charge in [0, 0.05) is 0 Å². The van der Waals surface area contributed by atoms with Crippen LogP contribution in [0.5, 0.6) is 5.88 Å². The standard InChI is InChI=1S/C4H6N2O2/c1-7-3-2-8-4(5)6-3/h2H,1H3,(H2,5,6). The van der Waals surface area contributed by atoms with Crippen LogP contribution in [0.2, 0.25) is 0 Å². The third kappa shape index (κ3) is 0.726. The Labute approximate surface area is 46.3 Å². The number of hydrogen-bond acceptors (Lipinski definition) is 4. The second-order valence-electron chi connectivity index (χ2n) is 1.23. The molecule has 0 radical (unpaired) electrons. The Morgan fingerprint density at radius 1 is 1.88 bits per heavy atom. The van der Waals surface area contributed by atoms with Crippen molar-refractivity contribution >= 4 is 6.01 Å². The Morgan fingerprint density at radius 3 is 2.88 bits per heavy atom. The third-order valence-corrected chi connectivity index (χ3v) is 0.710. The summed E-state index contributed by atoms with van der Waals surface area (Å²) in [5, 5.41) is 0. The van der Waals surface area contributed by atoms with Gasteiger partial charge in [0.05, 0.1) is 7.11 Å². The zero-order valence-electron chi connectivity index (χ0n) is 4.42. The second-order valence-corrected chi connectivity index (χ2v) is 1.23.